The van der Waals surface area contributed by atoms with E-state index in [0.717, 1.165) is 4.90 Å². The van der Waals surface area contributed by atoms with Crippen molar-refractivity contribution >= 4 is 17.9 Å². The van der Waals surface area contributed by atoms with Crippen LogP contribution >= 0.6 is 0 Å². The molecule has 1 atom stereocenters. The molecule has 0 rings (SSSR count). The first-order valence-corrected chi connectivity index (χ1v) is 6.25. The normalized spacial score (nSPS) is 11.8. The van der Waals surface area contributed by atoms with Gasteiger partial charge in [-0.25, -0.2) is 9.59 Å². The van der Waals surface area contributed by atoms with E-state index in [-0.39, 0.29) is 18.9 Å². The molecule has 0 saturated heterocycles. The van der Waals surface area contributed by atoms with Gasteiger partial charge in [0.15, 0.2) is 0 Å². The maximum Gasteiger partial charge on any atom is 0.326 e. The molecule has 0 aromatic rings. The molecule has 7 heteroatoms. The molecule has 3 N–H and O–H groups in total. The second-order valence-corrected chi connectivity index (χ2v) is 4.80. The minimum absolute atomic E-state index is 0.136. The zero-order valence-corrected chi connectivity index (χ0v) is 11.9. The molecule has 0 fully saturated rings. The number of nitrogens with zero attached hydrogens (tertiary/aromatic N) is 1. The van der Waals surface area contributed by atoms with Gasteiger partial charge in [0.1, 0.15) is 6.04 Å². The van der Waals surface area contributed by atoms with Gasteiger partial charge in [-0.2, -0.15) is 0 Å². The number of amides is 3. The number of urea groups is 1. The standard InChI is InChI=1S/C12H23N3O4/c1-8(2)7-14-10(16)5-6-13-12(19)15(4)9(3)11(17)18/h8-9H,5-7H2,1-4H3,(H,13,19)(H,14,16)(H,17,18). The molecule has 110 valence electrons. The minimum Gasteiger partial charge on any atom is -0.480 e. The third-order valence-corrected chi connectivity index (χ3v) is 2.59. The Labute approximate surface area is 113 Å². The molecular formula is C12H23N3O4. The van der Waals surface area contributed by atoms with Crippen LogP contribution < -0.4 is 10.6 Å². The Bertz CT molecular complexity index is 331. The number of hydrogen-bond acceptors (Lipinski definition) is 3. The van der Waals surface area contributed by atoms with Gasteiger partial charge in [0, 0.05) is 26.6 Å². The lowest BCUT2D eigenvalue weighted by Gasteiger charge is -2.21. The van der Waals surface area contributed by atoms with Gasteiger partial charge in [-0.1, -0.05) is 13.8 Å². The number of hydrogen-bond donors (Lipinski definition) is 3. The van der Waals surface area contributed by atoms with Crippen molar-refractivity contribution in [3.63, 3.8) is 0 Å². The lowest BCUT2D eigenvalue weighted by atomic mass is 10.2. The van der Waals surface area contributed by atoms with E-state index in [0.29, 0.717) is 12.5 Å². The molecule has 0 aliphatic rings. The highest BCUT2D eigenvalue weighted by Gasteiger charge is 2.21. The van der Waals surface area contributed by atoms with Gasteiger partial charge in [-0.15, -0.1) is 0 Å². The number of rotatable bonds is 7. The van der Waals surface area contributed by atoms with Crippen molar-refractivity contribution in [2.24, 2.45) is 5.92 Å². The Hall–Kier alpha value is -1.79. The monoisotopic (exact) mass is 273 g/mol. The summed E-state index contributed by atoms with van der Waals surface area (Å²) in [6.45, 7) is 6.17. The fourth-order valence-electron chi connectivity index (χ4n) is 1.16. The summed E-state index contributed by atoms with van der Waals surface area (Å²) >= 11 is 0. The first-order valence-electron chi connectivity index (χ1n) is 6.25. The van der Waals surface area contributed by atoms with Crippen LogP contribution in [-0.4, -0.2) is 54.1 Å². The summed E-state index contributed by atoms with van der Waals surface area (Å²) in [5.74, 6) is -0.837. The lowest BCUT2D eigenvalue weighted by molar-refractivity contribution is -0.141. The van der Waals surface area contributed by atoms with Crippen molar-refractivity contribution < 1.29 is 19.5 Å². The maximum absolute atomic E-state index is 11.6. The number of carboxylic acid groups (broad SMARTS) is 1. The molecule has 1 unspecified atom stereocenters. The molecule has 0 radical (unpaired) electrons. The summed E-state index contributed by atoms with van der Waals surface area (Å²) in [5.41, 5.74) is 0. The van der Waals surface area contributed by atoms with Crippen LogP contribution in [0.1, 0.15) is 27.2 Å². The summed E-state index contributed by atoms with van der Waals surface area (Å²) in [4.78, 5) is 34.7. The zero-order valence-electron chi connectivity index (χ0n) is 11.9. The summed E-state index contributed by atoms with van der Waals surface area (Å²) in [6.07, 6.45) is 0.174. The Morgan fingerprint density at radius 3 is 2.21 bits per heavy atom. The molecule has 3 amide bonds. The highest BCUT2D eigenvalue weighted by atomic mass is 16.4. The Morgan fingerprint density at radius 2 is 1.74 bits per heavy atom. The number of carbonyl (C=O) groups excluding carboxylic acids is 2. The number of aliphatic carboxylic acids is 1. The van der Waals surface area contributed by atoms with E-state index >= 15 is 0 Å². The predicted molar refractivity (Wildman–Crippen MR) is 70.7 cm³/mol. The fourth-order valence-corrected chi connectivity index (χ4v) is 1.16. The Balaban J connectivity index is 3.91. The van der Waals surface area contributed by atoms with Crippen molar-refractivity contribution in [3.8, 4) is 0 Å². The predicted octanol–water partition coefficient (Wildman–Crippen LogP) is 0.263. The second-order valence-electron chi connectivity index (χ2n) is 4.80. The SMILES string of the molecule is CC(C)CNC(=O)CCNC(=O)N(C)C(C)C(=O)O. The number of carboxylic acids is 1. The van der Waals surface area contributed by atoms with E-state index < -0.39 is 18.0 Å². The fraction of sp³-hybridized carbons (Fsp3) is 0.750. The van der Waals surface area contributed by atoms with E-state index in [9.17, 15) is 14.4 Å². The highest BCUT2D eigenvalue weighted by Crippen LogP contribution is 1.96. The largest absolute Gasteiger partial charge is 0.480 e. The maximum atomic E-state index is 11.6. The summed E-state index contributed by atoms with van der Waals surface area (Å²) in [6, 6.07) is -1.42. The van der Waals surface area contributed by atoms with Crippen molar-refractivity contribution in [2.75, 3.05) is 20.1 Å². The van der Waals surface area contributed by atoms with Crippen LogP contribution in [-0.2, 0) is 9.59 Å². The molecule has 0 spiro atoms. The average molecular weight is 273 g/mol. The van der Waals surface area contributed by atoms with Crippen molar-refractivity contribution in [1.82, 2.24) is 15.5 Å². The van der Waals surface area contributed by atoms with E-state index in [4.69, 9.17) is 5.11 Å². The van der Waals surface area contributed by atoms with Crippen LogP contribution in [0, 0.1) is 5.92 Å². The van der Waals surface area contributed by atoms with Crippen molar-refractivity contribution in [3.05, 3.63) is 0 Å². The molecule has 19 heavy (non-hydrogen) atoms. The van der Waals surface area contributed by atoms with E-state index in [1.165, 1.54) is 14.0 Å². The first-order chi connectivity index (χ1) is 8.75. The van der Waals surface area contributed by atoms with Crippen LogP contribution in [0.15, 0.2) is 0 Å². The van der Waals surface area contributed by atoms with E-state index in [2.05, 4.69) is 10.6 Å². The average Bonchev–Trinajstić information content (AvgIpc) is 2.34. The molecule has 0 aliphatic carbocycles. The topological polar surface area (TPSA) is 98.7 Å². The van der Waals surface area contributed by atoms with Crippen molar-refractivity contribution in [2.45, 2.75) is 33.2 Å². The van der Waals surface area contributed by atoms with Gasteiger partial charge in [0.25, 0.3) is 0 Å². The molecule has 0 saturated carbocycles. The van der Waals surface area contributed by atoms with Crippen LogP contribution in [0.2, 0.25) is 0 Å². The van der Waals surface area contributed by atoms with E-state index in [1.54, 1.807) is 0 Å². The Kier molecular flexibility index (Phi) is 7.55. The summed E-state index contributed by atoms with van der Waals surface area (Å²) < 4.78 is 0. The number of nitrogens with one attached hydrogen (secondary N) is 2. The molecule has 0 heterocycles. The summed E-state index contributed by atoms with van der Waals surface area (Å²) in [5, 5.41) is 14.0. The van der Waals surface area contributed by atoms with Gasteiger partial charge >= 0.3 is 12.0 Å². The summed E-state index contributed by atoms with van der Waals surface area (Å²) in [7, 11) is 1.40. The van der Waals surface area contributed by atoms with Gasteiger partial charge in [0.2, 0.25) is 5.91 Å². The highest BCUT2D eigenvalue weighted by molar-refractivity contribution is 5.82. The second kappa shape index (κ2) is 8.34. The van der Waals surface area contributed by atoms with Gasteiger partial charge in [-0.3, -0.25) is 4.79 Å². The van der Waals surface area contributed by atoms with Gasteiger partial charge in [-0.05, 0) is 12.8 Å². The van der Waals surface area contributed by atoms with Gasteiger partial charge < -0.3 is 20.6 Å². The number of carbonyl (C=O) groups is 3. The molecule has 0 aliphatic heterocycles. The molecular weight excluding hydrogens is 250 g/mol. The molecule has 0 bridgehead atoms. The first kappa shape index (κ1) is 17.2. The van der Waals surface area contributed by atoms with Crippen LogP contribution in [0.5, 0.6) is 0 Å². The van der Waals surface area contributed by atoms with E-state index in [1.807, 2.05) is 13.8 Å². The Morgan fingerprint density at radius 1 is 1.16 bits per heavy atom. The number of likely N-dealkylation sites (N-methyl/N-ethyl adjacent to an activating group) is 1. The van der Waals surface area contributed by atoms with Crippen LogP contribution in [0.25, 0.3) is 0 Å². The third-order valence-electron chi connectivity index (χ3n) is 2.59. The quantitative estimate of drug-likeness (QED) is 0.619. The molecule has 7 nitrogen and oxygen atoms in total. The molecule has 0 aromatic heterocycles. The third kappa shape index (κ3) is 7.28. The molecule has 0 aromatic carbocycles. The zero-order chi connectivity index (χ0) is 15.0. The van der Waals surface area contributed by atoms with Gasteiger partial charge in [0.05, 0.1) is 0 Å². The van der Waals surface area contributed by atoms with Crippen molar-refractivity contribution in [1.29, 1.82) is 0 Å². The van der Waals surface area contributed by atoms with Crippen LogP contribution in [0.3, 0.4) is 0 Å². The lowest BCUT2D eigenvalue weighted by Crippen LogP contribution is -2.46. The minimum atomic E-state index is -1.08. The smallest absolute Gasteiger partial charge is 0.326 e. The van der Waals surface area contributed by atoms with Crippen LogP contribution in [0.4, 0.5) is 4.79 Å².